The maximum atomic E-state index is 6.18. The standard InChI is InChI=1S/C16H15Cl3O2.C11H21N5OS/c1-20-13-7-3-11(4-8-13)15(16(17,18)19)12-5-9-14(21-2)10-6-12;1-8(2)13-10-14-9(12-6-5-7-17-3)15-11(16-10)18-4/h3-10,15H,1-2H3;8H,5-7H2,1-4H3,(H2,12,13,14,15,16). The van der Waals surface area contributed by atoms with Crippen LogP contribution in [-0.2, 0) is 4.74 Å². The zero-order valence-corrected chi connectivity index (χ0v) is 26.1. The van der Waals surface area contributed by atoms with Gasteiger partial charge in [0.15, 0.2) is 5.16 Å². The zero-order valence-electron chi connectivity index (χ0n) is 23.0. The minimum absolute atomic E-state index is 0.295. The van der Waals surface area contributed by atoms with Crippen LogP contribution in [0.3, 0.4) is 0 Å². The van der Waals surface area contributed by atoms with Crippen LogP contribution < -0.4 is 20.1 Å². The average Bonchev–Trinajstić information content (AvgIpc) is 2.91. The molecule has 0 spiro atoms. The number of thioether (sulfide) groups is 1. The van der Waals surface area contributed by atoms with Crippen molar-refractivity contribution >= 4 is 58.5 Å². The molecule has 1 heterocycles. The summed E-state index contributed by atoms with van der Waals surface area (Å²) in [6.45, 7) is 5.61. The van der Waals surface area contributed by atoms with E-state index in [0.29, 0.717) is 23.1 Å². The van der Waals surface area contributed by atoms with Crippen LogP contribution in [0.2, 0.25) is 0 Å². The van der Waals surface area contributed by atoms with Gasteiger partial charge < -0.3 is 24.8 Å². The first-order valence-corrected chi connectivity index (χ1v) is 14.6. The lowest BCUT2D eigenvalue weighted by Gasteiger charge is -2.25. The summed E-state index contributed by atoms with van der Waals surface area (Å²) in [5.41, 5.74) is 1.81. The van der Waals surface area contributed by atoms with Crippen LogP contribution in [0.25, 0.3) is 0 Å². The average molecular weight is 617 g/mol. The molecule has 0 bridgehead atoms. The van der Waals surface area contributed by atoms with E-state index in [1.165, 1.54) is 11.8 Å². The molecule has 12 heteroatoms. The fourth-order valence-corrected chi connectivity index (χ4v) is 4.54. The van der Waals surface area contributed by atoms with Crippen LogP contribution in [0.15, 0.2) is 53.7 Å². The fourth-order valence-electron chi connectivity index (χ4n) is 3.43. The Morgan fingerprint density at radius 3 is 1.74 bits per heavy atom. The number of nitrogens with one attached hydrogen (secondary N) is 2. The second-order valence-corrected chi connectivity index (χ2v) is 11.7. The molecule has 1 aromatic heterocycles. The summed E-state index contributed by atoms with van der Waals surface area (Å²) in [4.78, 5) is 12.9. The maximum Gasteiger partial charge on any atom is 0.228 e. The molecule has 0 radical (unpaired) electrons. The van der Waals surface area contributed by atoms with Crippen LogP contribution in [0.4, 0.5) is 11.9 Å². The van der Waals surface area contributed by atoms with Crippen LogP contribution in [0.1, 0.15) is 37.3 Å². The normalized spacial score (nSPS) is 11.2. The Hall–Kier alpha value is -2.17. The molecule has 39 heavy (non-hydrogen) atoms. The number of rotatable bonds is 12. The number of hydrogen-bond acceptors (Lipinski definition) is 9. The molecule has 8 nitrogen and oxygen atoms in total. The molecule has 0 atom stereocenters. The van der Waals surface area contributed by atoms with Gasteiger partial charge in [0.05, 0.1) is 20.1 Å². The largest absolute Gasteiger partial charge is 0.497 e. The van der Waals surface area contributed by atoms with Crippen molar-refractivity contribution in [3.63, 3.8) is 0 Å². The summed E-state index contributed by atoms with van der Waals surface area (Å²) in [6.07, 6.45) is 2.87. The summed E-state index contributed by atoms with van der Waals surface area (Å²) in [5.74, 6) is 2.36. The third-order valence-electron chi connectivity index (χ3n) is 5.25. The van der Waals surface area contributed by atoms with Gasteiger partial charge in [-0.2, -0.15) is 15.0 Å². The van der Waals surface area contributed by atoms with Crippen molar-refractivity contribution in [1.29, 1.82) is 0 Å². The van der Waals surface area contributed by atoms with Crippen molar-refractivity contribution in [2.75, 3.05) is 51.4 Å². The van der Waals surface area contributed by atoms with E-state index in [9.17, 15) is 0 Å². The number of anilines is 2. The molecule has 0 aliphatic heterocycles. The molecule has 0 saturated heterocycles. The topological polar surface area (TPSA) is 90.4 Å². The number of nitrogens with zero attached hydrogens (tertiary/aromatic N) is 3. The predicted molar refractivity (Wildman–Crippen MR) is 163 cm³/mol. The van der Waals surface area contributed by atoms with Crippen molar-refractivity contribution in [3.8, 4) is 11.5 Å². The highest BCUT2D eigenvalue weighted by Crippen LogP contribution is 2.46. The first-order valence-electron chi connectivity index (χ1n) is 12.2. The first kappa shape index (κ1) is 33.0. The lowest BCUT2D eigenvalue weighted by atomic mass is 9.92. The minimum atomic E-state index is -1.46. The van der Waals surface area contributed by atoms with Crippen molar-refractivity contribution in [2.24, 2.45) is 0 Å². The molecule has 214 valence electrons. The summed E-state index contributed by atoms with van der Waals surface area (Å²) >= 11 is 20.1. The van der Waals surface area contributed by atoms with Gasteiger partial charge in [0.1, 0.15) is 11.5 Å². The monoisotopic (exact) mass is 615 g/mol. The first-order chi connectivity index (χ1) is 18.6. The summed E-state index contributed by atoms with van der Waals surface area (Å²) in [7, 11) is 4.93. The van der Waals surface area contributed by atoms with E-state index in [0.717, 1.165) is 42.2 Å². The van der Waals surface area contributed by atoms with Gasteiger partial charge in [-0.1, -0.05) is 70.8 Å². The lowest BCUT2D eigenvalue weighted by molar-refractivity contribution is 0.197. The molecule has 2 aromatic carbocycles. The van der Waals surface area contributed by atoms with Gasteiger partial charge in [-0.25, -0.2) is 0 Å². The molecule has 3 rings (SSSR count). The van der Waals surface area contributed by atoms with E-state index in [2.05, 4.69) is 25.6 Å². The third-order valence-corrected chi connectivity index (χ3v) is 6.45. The molecule has 0 unspecified atom stereocenters. The highest BCUT2D eigenvalue weighted by Gasteiger charge is 2.35. The number of alkyl halides is 3. The van der Waals surface area contributed by atoms with E-state index in [1.807, 2.05) is 68.6 Å². The second kappa shape index (κ2) is 16.8. The molecular weight excluding hydrogens is 581 g/mol. The molecule has 0 fully saturated rings. The van der Waals surface area contributed by atoms with E-state index in [1.54, 1.807) is 21.3 Å². The van der Waals surface area contributed by atoms with Gasteiger partial charge in [-0.05, 0) is 61.9 Å². The predicted octanol–water partition coefficient (Wildman–Crippen LogP) is 7.07. The van der Waals surface area contributed by atoms with Crippen molar-refractivity contribution in [1.82, 2.24) is 15.0 Å². The maximum absolute atomic E-state index is 6.18. The quantitative estimate of drug-likeness (QED) is 0.126. The molecule has 3 aromatic rings. The van der Waals surface area contributed by atoms with Gasteiger partial charge in [0.25, 0.3) is 0 Å². The van der Waals surface area contributed by atoms with Crippen LogP contribution >= 0.6 is 46.6 Å². The van der Waals surface area contributed by atoms with Crippen LogP contribution in [0, 0.1) is 0 Å². The number of aromatic nitrogens is 3. The fraction of sp³-hybridized carbons (Fsp3) is 0.444. The van der Waals surface area contributed by atoms with Crippen LogP contribution in [0.5, 0.6) is 11.5 Å². The Morgan fingerprint density at radius 2 is 1.33 bits per heavy atom. The Balaban J connectivity index is 0.000000277. The summed E-state index contributed by atoms with van der Waals surface area (Å²) in [5, 5.41) is 7.06. The summed E-state index contributed by atoms with van der Waals surface area (Å²) < 4.78 is 13.8. The number of halogens is 3. The van der Waals surface area contributed by atoms with E-state index in [-0.39, 0.29) is 5.92 Å². The van der Waals surface area contributed by atoms with E-state index < -0.39 is 3.79 Å². The Kier molecular flexibility index (Phi) is 14.3. The van der Waals surface area contributed by atoms with Crippen molar-refractivity contribution in [2.45, 2.75) is 41.2 Å². The smallest absolute Gasteiger partial charge is 0.228 e. The van der Waals surface area contributed by atoms with Crippen LogP contribution in [-0.4, -0.2) is 65.5 Å². The van der Waals surface area contributed by atoms with E-state index in [4.69, 9.17) is 49.0 Å². The number of methoxy groups -OCH3 is 3. The number of ether oxygens (including phenoxy) is 3. The number of hydrogen-bond donors (Lipinski definition) is 2. The summed E-state index contributed by atoms with van der Waals surface area (Å²) in [6, 6.07) is 15.3. The Bertz CT molecular complexity index is 1070. The minimum Gasteiger partial charge on any atom is -0.497 e. The second-order valence-electron chi connectivity index (χ2n) is 8.56. The Morgan fingerprint density at radius 1 is 0.821 bits per heavy atom. The van der Waals surface area contributed by atoms with E-state index >= 15 is 0 Å². The van der Waals surface area contributed by atoms with Gasteiger partial charge in [-0.15, -0.1) is 0 Å². The van der Waals surface area contributed by atoms with Gasteiger partial charge >= 0.3 is 0 Å². The highest BCUT2D eigenvalue weighted by molar-refractivity contribution is 7.98. The molecule has 0 amide bonds. The van der Waals surface area contributed by atoms with Crippen molar-refractivity contribution < 1.29 is 14.2 Å². The molecule has 0 aliphatic rings. The molecule has 0 saturated carbocycles. The highest BCUT2D eigenvalue weighted by atomic mass is 35.6. The molecule has 0 aliphatic carbocycles. The molecular formula is C27H36Cl3N5O3S. The van der Waals surface area contributed by atoms with Gasteiger partial charge in [-0.3, -0.25) is 0 Å². The third kappa shape index (κ3) is 11.5. The van der Waals surface area contributed by atoms with Gasteiger partial charge in [0, 0.05) is 26.3 Å². The lowest BCUT2D eigenvalue weighted by Crippen LogP contribution is -2.18. The van der Waals surface area contributed by atoms with Gasteiger partial charge in [0.2, 0.25) is 15.7 Å². The molecule has 2 N–H and O–H groups in total. The zero-order chi connectivity index (χ0) is 28.8. The SMILES string of the molecule is COCCCNc1nc(NC(C)C)nc(SC)n1.COc1ccc(C(c2ccc(OC)cc2)C(Cl)(Cl)Cl)cc1. The Labute approximate surface area is 250 Å². The van der Waals surface area contributed by atoms with Crippen molar-refractivity contribution in [3.05, 3.63) is 59.7 Å². The number of benzene rings is 2.